The maximum Gasteiger partial charge on any atom is 0.119 e. The molecule has 1 rings (SSSR count). The molecule has 1 aromatic rings. The number of hydrogen-bond donors (Lipinski definition) is 2. The third-order valence-electron chi connectivity index (χ3n) is 2.68. The molecule has 1 aromatic carbocycles. The number of benzene rings is 1. The van der Waals surface area contributed by atoms with E-state index in [1.165, 1.54) is 0 Å². The molecule has 0 fully saturated rings. The van der Waals surface area contributed by atoms with Gasteiger partial charge in [0.1, 0.15) is 5.75 Å². The van der Waals surface area contributed by atoms with Crippen LogP contribution >= 0.6 is 0 Å². The Hall–Kier alpha value is -1.06. The van der Waals surface area contributed by atoms with Crippen LogP contribution in [0.25, 0.3) is 0 Å². The van der Waals surface area contributed by atoms with E-state index in [0.717, 1.165) is 22.4 Å². The quantitative estimate of drug-likeness (QED) is 0.792. The monoisotopic (exact) mass is 209 g/mol. The molecule has 0 bridgehead atoms. The molecule has 15 heavy (non-hydrogen) atoms. The lowest BCUT2D eigenvalue weighted by atomic mass is 9.88. The zero-order chi connectivity index (χ0) is 11.6. The fourth-order valence-electron chi connectivity index (χ4n) is 1.99. The molecule has 1 unspecified atom stereocenters. The molecule has 0 aliphatic rings. The summed E-state index contributed by atoms with van der Waals surface area (Å²) in [5, 5.41) is 10.2. The number of nitrogens with two attached hydrogens (primary N) is 1. The molecular weight excluding hydrogens is 190 g/mol. The van der Waals surface area contributed by atoms with Crippen molar-refractivity contribution in [2.75, 3.05) is 13.7 Å². The van der Waals surface area contributed by atoms with E-state index in [-0.39, 0.29) is 6.54 Å². The molecule has 3 heteroatoms. The Morgan fingerprint density at radius 3 is 2.13 bits per heavy atom. The Bertz CT molecular complexity index is 336. The first kappa shape index (κ1) is 12.0. The topological polar surface area (TPSA) is 55.5 Å². The van der Waals surface area contributed by atoms with Gasteiger partial charge in [-0.05, 0) is 49.6 Å². The molecule has 0 aromatic heterocycles. The molecule has 0 aliphatic carbocycles. The molecule has 0 spiro atoms. The summed E-state index contributed by atoms with van der Waals surface area (Å²) in [4.78, 5) is 0. The highest BCUT2D eigenvalue weighted by atomic mass is 16.5. The van der Waals surface area contributed by atoms with Gasteiger partial charge in [0, 0.05) is 6.54 Å². The van der Waals surface area contributed by atoms with Crippen LogP contribution in [0.3, 0.4) is 0 Å². The van der Waals surface area contributed by atoms with Gasteiger partial charge in [-0.1, -0.05) is 0 Å². The summed E-state index contributed by atoms with van der Waals surface area (Å²) in [7, 11) is 1.63. The zero-order valence-corrected chi connectivity index (χ0v) is 9.79. The van der Waals surface area contributed by atoms with Crippen LogP contribution in [0, 0.1) is 13.8 Å². The fraction of sp³-hybridized carbons (Fsp3) is 0.500. The first-order chi connectivity index (χ1) is 6.92. The van der Waals surface area contributed by atoms with Gasteiger partial charge in [-0.25, -0.2) is 0 Å². The predicted octanol–water partition coefficient (Wildman–Crippen LogP) is 1.48. The number of rotatable bonds is 3. The molecule has 1 atom stereocenters. The Morgan fingerprint density at radius 2 is 1.80 bits per heavy atom. The molecule has 0 amide bonds. The van der Waals surface area contributed by atoms with E-state index < -0.39 is 5.60 Å². The maximum atomic E-state index is 10.2. The summed E-state index contributed by atoms with van der Waals surface area (Å²) in [5.41, 5.74) is 7.49. The molecular formula is C12H19NO2. The van der Waals surface area contributed by atoms with Crippen LogP contribution < -0.4 is 10.5 Å². The molecule has 84 valence electrons. The maximum absolute atomic E-state index is 10.2. The number of ether oxygens (including phenoxy) is 1. The van der Waals surface area contributed by atoms with Gasteiger partial charge in [0.15, 0.2) is 0 Å². The van der Waals surface area contributed by atoms with E-state index in [1.54, 1.807) is 14.0 Å². The highest BCUT2D eigenvalue weighted by Crippen LogP contribution is 2.30. The third kappa shape index (κ3) is 2.30. The minimum absolute atomic E-state index is 0.209. The summed E-state index contributed by atoms with van der Waals surface area (Å²) < 4.78 is 5.16. The average molecular weight is 209 g/mol. The largest absolute Gasteiger partial charge is 0.497 e. The van der Waals surface area contributed by atoms with Crippen molar-refractivity contribution < 1.29 is 9.84 Å². The van der Waals surface area contributed by atoms with E-state index in [9.17, 15) is 5.11 Å². The van der Waals surface area contributed by atoms with Crippen LogP contribution in [0.2, 0.25) is 0 Å². The minimum atomic E-state index is -0.972. The molecule has 0 heterocycles. The second kappa shape index (κ2) is 4.21. The standard InChI is InChI=1S/C12H19NO2/c1-8-5-10(15-4)6-9(2)11(8)12(3,14)7-13/h5-6,14H,7,13H2,1-4H3. The van der Waals surface area contributed by atoms with Crippen molar-refractivity contribution in [2.24, 2.45) is 5.73 Å². The van der Waals surface area contributed by atoms with Crippen molar-refractivity contribution in [1.29, 1.82) is 0 Å². The van der Waals surface area contributed by atoms with E-state index >= 15 is 0 Å². The number of hydrogen-bond acceptors (Lipinski definition) is 3. The lowest BCUT2D eigenvalue weighted by molar-refractivity contribution is 0.0654. The SMILES string of the molecule is COc1cc(C)c(C(C)(O)CN)c(C)c1. The lowest BCUT2D eigenvalue weighted by Gasteiger charge is -2.26. The van der Waals surface area contributed by atoms with Crippen molar-refractivity contribution in [1.82, 2.24) is 0 Å². The average Bonchev–Trinajstić information content (AvgIpc) is 2.16. The molecule has 0 saturated heterocycles. The molecule has 0 saturated carbocycles. The van der Waals surface area contributed by atoms with Gasteiger partial charge in [0.2, 0.25) is 0 Å². The first-order valence-corrected chi connectivity index (χ1v) is 5.00. The van der Waals surface area contributed by atoms with Crippen molar-refractivity contribution in [2.45, 2.75) is 26.4 Å². The van der Waals surface area contributed by atoms with Crippen LogP contribution in [0.4, 0.5) is 0 Å². The van der Waals surface area contributed by atoms with E-state index in [4.69, 9.17) is 10.5 Å². The van der Waals surface area contributed by atoms with Gasteiger partial charge in [-0.2, -0.15) is 0 Å². The van der Waals surface area contributed by atoms with Crippen LogP contribution in [0.5, 0.6) is 5.75 Å². The normalized spacial score (nSPS) is 14.8. The van der Waals surface area contributed by atoms with Crippen molar-refractivity contribution >= 4 is 0 Å². The highest BCUT2D eigenvalue weighted by molar-refractivity contribution is 5.44. The summed E-state index contributed by atoms with van der Waals surface area (Å²) in [6.07, 6.45) is 0. The molecule has 3 N–H and O–H groups in total. The fourth-order valence-corrected chi connectivity index (χ4v) is 1.99. The van der Waals surface area contributed by atoms with Crippen LogP contribution in [0.15, 0.2) is 12.1 Å². The Labute approximate surface area is 90.9 Å². The number of aliphatic hydroxyl groups is 1. The van der Waals surface area contributed by atoms with Crippen molar-refractivity contribution in [3.05, 3.63) is 28.8 Å². The zero-order valence-electron chi connectivity index (χ0n) is 9.79. The van der Waals surface area contributed by atoms with Gasteiger partial charge in [-0.15, -0.1) is 0 Å². The van der Waals surface area contributed by atoms with Crippen molar-refractivity contribution in [3.8, 4) is 5.75 Å². The molecule has 0 aliphatic heterocycles. The Balaban J connectivity index is 3.31. The van der Waals surface area contributed by atoms with Gasteiger partial charge in [0.05, 0.1) is 12.7 Å². The minimum Gasteiger partial charge on any atom is -0.497 e. The second-order valence-electron chi connectivity index (χ2n) is 4.11. The first-order valence-electron chi connectivity index (χ1n) is 5.00. The van der Waals surface area contributed by atoms with Gasteiger partial charge in [0.25, 0.3) is 0 Å². The second-order valence-corrected chi connectivity index (χ2v) is 4.11. The van der Waals surface area contributed by atoms with Gasteiger partial charge in [-0.3, -0.25) is 0 Å². The van der Waals surface area contributed by atoms with Gasteiger partial charge < -0.3 is 15.6 Å². The lowest BCUT2D eigenvalue weighted by Crippen LogP contribution is -2.32. The van der Waals surface area contributed by atoms with E-state index in [1.807, 2.05) is 26.0 Å². The molecule has 0 radical (unpaired) electrons. The summed E-state index contributed by atoms with van der Waals surface area (Å²) >= 11 is 0. The smallest absolute Gasteiger partial charge is 0.119 e. The van der Waals surface area contributed by atoms with Crippen molar-refractivity contribution in [3.63, 3.8) is 0 Å². The predicted molar refractivity (Wildman–Crippen MR) is 61.1 cm³/mol. The number of methoxy groups -OCH3 is 1. The highest BCUT2D eigenvalue weighted by Gasteiger charge is 2.25. The summed E-state index contributed by atoms with van der Waals surface area (Å²) in [5.74, 6) is 0.807. The summed E-state index contributed by atoms with van der Waals surface area (Å²) in [6, 6.07) is 3.82. The van der Waals surface area contributed by atoms with Gasteiger partial charge >= 0.3 is 0 Å². The molecule has 3 nitrogen and oxygen atoms in total. The summed E-state index contributed by atoms with van der Waals surface area (Å²) in [6.45, 7) is 5.85. The van der Waals surface area contributed by atoms with E-state index in [0.29, 0.717) is 0 Å². The van der Waals surface area contributed by atoms with E-state index in [2.05, 4.69) is 0 Å². The van der Waals surface area contributed by atoms with Crippen LogP contribution in [-0.4, -0.2) is 18.8 Å². The Kier molecular flexibility index (Phi) is 3.37. The third-order valence-corrected chi connectivity index (χ3v) is 2.68. The number of aryl methyl sites for hydroxylation is 2. The van der Waals surface area contributed by atoms with Crippen LogP contribution in [-0.2, 0) is 5.60 Å². The van der Waals surface area contributed by atoms with Crippen LogP contribution in [0.1, 0.15) is 23.6 Å². The Morgan fingerprint density at radius 1 is 1.33 bits per heavy atom.